The van der Waals surface area contributed by atoms with Crippen LogP contribution in [0.5, 0.6) is 0 Å². The molecule has 1 saturated heterocycles. The third-order valence-corrected chi connectivity index (χ3v) is 2.05. The molecular weight excluding hydrogens is 100 g/mol. The second-order valence-corrected chi connectivity index (χ2v) is 2.77. The van der Waals surface area contributed by atoms with Crippen LogP contribution in [0.2, 0.25) is 0 Å². The molecule has 1 saturated carbocycles. The Bertz CT molecular complexity index is 80.4. The Balaban J connectivity index is 1.86. The molecule has 0 aromatic heterocycles. The van der Waals surface area contributed by atoms with Gasteiger partial charge in [-0.05, 0) is 31.1 Å². The summed E-state index contributed by atoms with van der Waals surface area (Å²) in [6.07, 6.45) is 5.22. The Kier molecular flexibility index (Phi) is 1.04. The van der Waals surface area contributed by atoms with Crippen molar-refractivity contribution < 1.29 is 4.74 Å². The van der Waals surface area contributed by atoms with E-state index in [1.807, 2.05) is 0 Å². The molecule has 8 heavy (non-hydrogen) atoms. The van der Waals surface area contributed by atoms with Crippen LogP contribution in [-0.2, 0) is 4.74 Å². The van der Waals surface area contributed by atoms with E-state index in [1.54, 1.807) is 0 Å². The normalized spacial score (nSPS) is 38.2. The maximum Gasteiger partial charge on any atom is 0.0501 e. The Hall–Kier alpha value is -0.0400. The van der Waals surface area contributed by atoms with E-state index >= 15 is 0 Å². The van der Waals surface area contributed by atoms with Crippen LogP contribution < -0.4 is 0 Å². The summed E-state index contributed by atoms with van der Waals surface area (Å²) in [4.78, 5) is 0. The molecule has 0 unspecified atom stereocenters. The summed E-state index contributed by atoms with van der Waals surface area (Å²) in [7, 11) is 0. The van der Waals surface area contributed by atoms with E-state index < -0.39 is 0 Å². The molecule has 1 aliphatic carbocycles. The largest absolute Gasteiger partial charge is 0.381 e. The molecule has 1 heterocycles. The lowest BCUT2D eigenvalue weighted by atomic mass is 10.0. The van der Waals surface area contributed by atoms with Gasteiger partial charge in [-0.25, -0.2) is 0 Å². The predicted molar refractivity (Wildman–Crippen MR) is 31.3 cm³/mol. The Morgan fingerprint density at radius 1 is 1.38 bits per heavy atom. The highest BCUT2D eigenvalue weighted by atomic mass is 16.5. The minimum atomic E-state index is 0.829. The molecule has 0 spiro atoms. The zero-order chi connectivity index (χ0) is 5.40. The molecule has 2 aliphatic rings. The van der Waals surface area contributed by atoms with Gasteiger partial charge in [-0.15, -0.1) is 0 Å². The van der Waals surface area contributed by atoms with Gasteiger partial charge in [-0.2, -0.15) is 0 Å². The highest BCUT2D eigenvalue weighted by Gasteiger charge is 2.33. The first-order chi connectivity index (χ1) is 3.97. The van der Waals surface area contributed by atoms with Crippen molar-refractivity contribution in [2.24, 2.45) is 11.8 Å². The number of ether oxygens (including phenoxy) is 1. The molecule has 1 aliphatic heterocycles. The first-order valence-electron chi connectivity index (χ1n) is 3.38. The van der Waals surface area contributed by atoms with Crippen LogP contribution in [0, 0.1) is 18.3 Å². The second kappa shape index (κ2) is 1.73. The van der Waals surface area contributed by atoms with Gasteiger partial charge in [0, 0.05) is 0 Å². The fourth-order valence-electron chi connectivity index (χ4n) is 1.32. The standard InChI is InChI=1S/C7H11O/c1-2-6(1)7-3-4-8-5-7/h3,6-7H,1-2,4-5H2/t7-/m1/s1. The lowest BCUT2D eigenvalue weighted by Crippen LogP contribution is -2.00. The third kappa shape index (κ3) is 0.752. The lowest BCUT2D eigenvalue weighted by Gasteiger charge is -2.00. The van der Waals surface area contributed by atoms with Crippen LogP contribution in [0.3, 0.4) is 0 Å². The van der Waals surface area contributed by atoms with Crippen LogP contribution in [0.1, 0.15) is 12.8 Å². The van der Waals surface area contributed by atoms with Crippen molar-refractivity contribution >= 4 is 0 Å². The molecule has 45 valence electrons. The third-order valence-electron chi connectivity index (χ3n) is 2.05. The van der Waals surface area contributed by atoms with Crippen molar-refractivity contribution in [3.63, 3.8) is 0 Å². The average molecular weight is 111 g/mol. The summed E-state index contributed by atoms with van der Waals surface area (Å²) in [5.74, 6) is 1.84. The number of hydrogen-bond acceptors (Lipinski definition) is 1. The maximum atomic E-state index is 5.20. The van der Waals surface area contributed by atoms with Crippen LogP contribution in [0.4, 0.5) is 0 Å². The second-order valence-electron chi connectivity index (χ2n) is 2.77. The molecule has 0 bridgehead atoms. The van der Waals surface area contributed by atoms with E-state index in [4.69, 9.17) is 4.74 Å². The molecule has 1 radical (unpaired) electrons. The van der Waals surface area contributed by atoms with Crippen LogP contribution in [0.15, 0.2) is 0 Å². The quantitative estimate of drug-likeness (QED) is 0.494. The summed E-state index contributed by atoms with van der Waals surface area (Å²) in [6, 6.07) is 0. The lowest BCUT2D eigenvalue weighted by molar-refractivity contribution is 0.183. The van der Waals surface area contributed by atoms with Crippen molar-refractivity contribution in [1.82, 2.24) is 0 Å². The SMILES string of the molecule is [CH]1COC[C@@H]1C1CC1. The number of hydrogen-bond donors (Lipinski definition) is 0. The van der Waals surface area contributed by atoms with Crippen molar-refractivity contribution in [3.8, 4) is 0 Å². The van der Waals surface area contributed by atoms with E-state index in [-0.39, 0.29) is 0 Å². The van der Waals surface area contributed by atoms with E-state index in [1.165, 1.54) is 12.8 Å². The Morgan fingerprint density at radius 2 is 2.25 bits per heavy atom. The minimum Gasteiger partial charge on any atom is -0.381 e. The highest BCUT2D eigenvalue weighted by molar-refractivity contribution is 4.92. The molecule has 2 fully saturated rings. The Labute approximate surface area is 50.0 Å². The molecule has 2 rings (SSSR count). The fourth-order valence-corrected chi connectivity index (χ4v) is 1.32. The molecule has 0 aromatic rings. The summed E-state index contributed by atoms with van der Waals surface area (Å²) < 4.78 is 5.20. The molecule has 0 N–H and O–H groups in total. The Morgan fingerprint density at radius 3 is 2.75 bits per heavy atom. The zero-order valence-corrected chi connectivity index (χ0v) is 4.97. The van der Waals surface area contributed by atoms with Crippen molar-refractivity contribution in [3.05, 3.63) is 6.42 Å². The van der Waals surface area contributed by atoms with Gasteiger partial charge in [0.2, 0.25) is 0 Å². The zero-order valence-electron chi connectivity index (χ0n) is 4.97. The van der Waals surface area contributed by atoms with E-state index in [0.29, 0.717) is 0 Å². The highest BCUT2D eigenvalue weighted by Crippen LogP contribution is 2.39. The summed E-state index contributed by atoms with van der Waals surface area (Å²) in [5, 5.41) is 0. The van der Waals surface area contributed by atoms with Crippen molar-refractivity contribution in [2.45, 2.75) is 12.8 Å². The first-order valence-corrected chi connectivity index (χ1v) is 3.38. The van der Waals surface area contributed by atoms with Crippen molar-refractivity contribution in [1.29, 1.82) is 0 Å². The van der Waals surface area contributed by atoms with Gasteiger partial charge in [0.25, 0.3) is 0 Å². The van der Waals surface area contributed by atoms with Gasteiger partial charge in [0.05, 0.1) is 13.2 Å². The number of rotatable bonds is 1. The van der Waals surface area contributed by atoms with Gasteiger partial charge in [-0.1, -0.05) is 0 Å². The molecule has 0 aromatic carbocycles. The predicted octanol–water partition coefficient (Wildman–Crippen LogP) is 1.25. The molecule has 1 nitrogen and oxygen atoms in total. The van der Waals surface area contributed by atoms with Gasteiger partial charge in [0.1, 0.15) is 0 Å². The maximum absolute atomic E-state index is 5.20. The summed E-state index contributed by atoms with van der Waals surface area (Å²) >= 11 is 0. The molecular formula is C7H11O. The monoisotopic (exact) mass is 111 g/mol. The van der Waals surface area contributed by atoms with E-state index in [9.17, 15) is 0 Å². The first kappa shape index (κ1) is 4.80. The van der Waals surface area contributed by atoms with Crippen LogP contribution in [-0.4, -0.2) is 13.2 Å². The van der Waals surface area contributed by atoms with Gasteiger partial charge in [-0.3, -0.25) is 0 Å². The fraction of sp³-hybridized carbons (Fsp3) is 0.857. The van der Waals surface area contributed by atoms with Gasteiger partial charge in [0.15, 0.2) is 0 Å². The van der Waals surface area contributed by atoms with Gasteiger partial charge >= 0.3 is 0 Å². The average Bonchev–Trinajstić information content (AvgIpc) is 2.49. The minimum absolute atomic E-state index is 0.829. The van der Waals surface area contributed by atoms with Gasteiger partial charge < -0.3 is 4.74 Å². The van der Waals surface area contributed by atoms with Crippen LogP contribution in [0.25, 0.3) is 0 Å². The molecule has 1 atom stereocenters. The molecule has 1 heteroatoms. The van der Waals surface area contributed by atoms with E-state index in [2.05, 4.69) is 6.42 Å². The van der Waals surface area contributed by atoms with E-state index in [0.717, 1.165) is 25.0 Å². The summed E-state index contributed by atoms with van der Waals surface area (Å²) in [6.45, 7) is 1.91. The smallest absolute Gasteiger partial charge is 0.0501 e. The summed E-state index contributed by atoms with van der Waals surface area (Å²) in [5.41, 5.74) is 0. The topological polar surface area (TPSA) is 9.23 Å². The molecule has 0 amide bonds. The van der Waals surface area contributed by atoms with Crippen LogP contribution >= 0.6 is 0 Å². The van der Waals surface area contributed by atoms with Crippen molar-refractivity contribution in [2.75, 3.05) is 13.2 Å².